The largest absolute Gasteiger partial charge is 0.207 e. The lowest BCUT2D eigenvalue weighted by molar-refractivity contribution is 0.612. The average molecular weight is 354 g/mol. The second-order valence-corrected chi connectivity index (χ2v) is 7.10. The highest BCUT2D eigenvalue weighted by Crippen LogP contribution is 2.38. The first-order valence-corrected chi connectivity index (χ1v) is 7.26. The van der Waals surface area contributed by atoms with Gasteiger partial charge in [-0.05, 0) is 46.6 Å². The van der Waals surface area contributed by atoms with Crippen molar-refractivity contribution >= 4 is 50.5 Å². The van der Waals surface area contributed by atoms with Crippen LogP contribution in [0.5, 0.6) is 0 Å². The lowest BCUT2D eigenvalue weighted by atomic mass is 10.0. The van der Waals surface area contributed by atoms with Crippen molar-refractivity contribution in [2.75, 3.05) is 0 Å². The summed E-state index contributed by atoms with van der Waals surface area (Å²) in [5.74, 6) is -0.376. The predicted molar refractivity (Wildman–Crippen MR) is 75.9 cm³/mol. The van der Waals surface area contributed by atoms with Gasteiger partial charge in [0.1, 0.15) is 5.82 Å². The Balaban J connectivity index is 2.43. The molecule has 1 heterocycles. The van der Waals surface area contributed by atoms with Gasteiger partial charge in [0.15, 0.2) is 0 Å². The molecular weight excluding hydrogens is 346 g/mol. The molecule has 1 aromatic heterocycles. The summed E-state index contributed by atoms with van der Waals surface area (Å²) in [5.41, 5.74) is 1.37. The number of benzene rings is 1. The van der Waals surface area contributed by atoms with E-state index in [0.29, 0.717) is 10.6 Å². The molecule has 1 atom stereocenters. The minimum absolute atomic E-state index is 0.373. The van der Waals surface area contributed by atoms with Crippen molar-refractivity contribution in [3.05, 3.63) is 54.9 Å². The van der Waals surface area contributed by atoms with Crippen LogP contribution in [0.3, 0.4) is 0 Å². The molecule has 2 rings (SSSR count). The molecule has 0 nitrogen and oxygen atoms in total. The van der Waals surface area contributed by atoms with E-state index in [0.717, 1.165) is 14.2 Å². The van der Waals surface area contributed by atoms with Crippen LogP contribution in [0.1, 0.15) is 21.4 Å². The molecule has 2 aromatic rings. The van der Waals surface area contributed by atoms with Crippen molar-refractivity contribution in [3.63, 3.8) is 0 Å². The van der Waals surface area contributed by atoms with Crippen LogP contribution in [0, 0.1) is 12.7 Å². The molecule has 0 amide bonds. The Morgan fingerprint density at radius 3 is 2.53 bits per heavy atom. The molecule has 17 heavy (non-hydrogen) atoms. The summed E-state index contributed by atoms with van der Waals surface area (Å²) in [6, 6.07) is 6.47. The fourth-order valence-electron chi connectivity index (χ4n) is 1.58. The average Bonchev–Trinajstić information content (AvgIpc) is 2.57. The van der Waals surface area contributed by atoms with E-state index in [4.69, 9.17) is 23.2 Å². The van der Waals surface area contributed by atoms with Gasteiger partial charge in [0, 0.05) is 15.5 Å². The van der Waals surface area contributed by atoms with Crippen LogP contribution in [0.25, 0.3) is 0 Å². The molecule has 0 spiro atoms. The Kier molecular flexibility index (Phi) is 4.14. The Labute approximate surface area is 121 Å². The predicted octanol–water partition coefficient (Wildman–Crippen LogP) is 5.94. The van der Waals surface area contributed by atoms with E-state index in [-0.39, 0.29) is 5.82 Å². The van der Waals surface area contributed by atoms with Crippen LogP contribution in [-0.4, -0.2) is 0 Å². The van der Waals surface area contributed by atoms with Crippen LogP contribution in [-0.2, 0) is 0 Å². The molecule has 1 aromatic carbocycles. The second-order valence-electron chi connectivity index (χ2n) is 3.59. The number of hydrogen-bond acceptors (Lipinski definition) is 1. The van der Waals surface area contributed by atoms with Crippen molar-refractivity contribution in [1.29, 1.82) is 0 Å². The quantitative estimate of drug-likeness (QED) is 0.586. The smallest absolute Gasteiger partial charge is 0.129 e. The fraction of sp³-hybridized carbons (Fsp3) is 0.167. The number of hydrogen-bond donors (Lipinski definition) is 0. The van der Waals surface area contributed by atoms with Gasteiger partial charge >= 0.3 is 0 Å². The zero-order chi connectivity index (χ0) is 12.6. The van der Waals surface area contributed by atoms with Crippen molar-refractivity contribution in [2.45, 2.75) is 12.3 Å². The van der Waals surface area contributed by atoms with E-state index < -0.39 is 5.38 Å². The zero-order valence-corrected chi connectivity index (χ0v) is 12.7. The second kappa shape index (κ2) is 5.27. The molecule has 90 valence electrons. The Bertz CT molecular complexity index is 553. The molecule has 0 aliphatic rings. The van der Waals surface area contributed by atoms with E-state index in [9.17, 15) is 4.39 Å². The Hall–Kier alpha value is -0.0900. The summed E-state index contributed by atoms with van der Waals surface area (Å²) in [5, 5.41) is -0.117. The summed E-state index contributed by atoms with van der Waals surface area (Å²) in [6.45, 7) is 1.97. The normalized spacial score (nSPS) is 12.8. The van der Waals surface area contributed by atoms with Crippen LogP contribution < -0.4 is 0 Å². The van der Waals surface area contributed by atoms with Crippen LogP contribution in [0.2, 0.25) is 5.02 Å². The highest BCUT2D eigenvalue weighted by atomic mass is 79.9. The topological polar surface area (TPSA) is 0 Å². The highest BCUT2D eigenvalue weighted by Gasteiger charge is 2.19. The van der Waals surface area contributed by atoms with Gasteiger partial charge in [0.2, 0.25) is 0 Å². The summed E-state index contributed by atoms with van der Waals surface area (Å²) >= 11 is 17.0. The maximum atomic E-state index is 13.7. The first-order valence-electron chi connectivity index (χ1n) is 4.84. The molecule has 5 heteroatoms. The lowest BCUT2D eigenvalue weighted by Gasteiger charge is -2.11. The molecule has 1 unspecified atom stereocenters. The first-order chi connectivity index (χ1) is 7.99. The number of alkyl halides is 1. The minimum atomic E-state index is -0.491. The maximum absolute atomic E-state index is 13.7. The van der Waals surface area contributed by atoms with E-state index in [1.807, 2.05) is 13.0 Å². The number of aryl methyl sites for hydroxylation is 1. The Morgan fingerprint density at radius 1 is 1.29 bits per heavy atom. The third-order valence-corrected chi connectivity index (χ3v) is 4.71. The molecule has 0 bridgehead atoms. The van der Waals surface area contributed by atoms with Crippen molar-refractivity contribution in [1.82, 2.24) is 0 Å². The van der Waals surface area contributed by atoms with Gasteiger partial charge in [-0.1, -0.05) is 17.7 Å². The van der Waals surface area contributed by atoms with Gasteiger partial charge in [0.25, 0.3) is 0 Å². The van der Waals surface area contributed by atoms with Gasteiger partial charge in [0.05, 0.1) is 9.16 Å². The molecule has 0 aliphatic heterocycles. The molecule has 0 saturated carbocycles. The van der Waals surface area contributed by atoms with E-state index >= 15 is 0 Å². The van der Waals surface area contributed by atoms with Gasteiger partial charge in [-0.15, -0.1) is 22.9 Å². The van der Waals surface area contributed by atoms with E-state index in [2.05, 4.69) is 15.9 Å². The molecule has 0 radical (unpaired) electrons. The third-order valence-electron chi connectivity index (χ3n) is 2.43. The van der Waals surface area contributed by atoms with Crippen LogP contribution >= 0.6 is 50.5 Å². The number of thiophene rings is 1. The Morgan fingerprint density at radius 2 is 2.00 bits per heavy atom. The van der Waals surface area contributed by atoms with Crippen molar-refractivity contribution in [2.24, 2.45) is 0 Å². The maximum Gasteiger partial charge on any atom is 0.129 e. The zero-order valence-electron chi connectivity index (χ0n) is 8.81. The third kappa shape index (κ3) is 2.84. The van der Waals surface area contributed by atoms with Crippen LogP contribution in [0.15, 0.2) is 28.1 Å². The van der Waals surface area contributed by atoms with E-state index in [1.165, 1.54) is 6.07 Å². The van der Waals surface area contributed by atoms with Gasteiger partial charge in [-0.25, -0.2) is 4.39 Å². The summed E-state index contributed by atoms with van der Waals surface area (Å²) < 4.78 is 14.7. The van der Waals surface area contributed by atoms with Gasteiger partial charge in [-0.2, -0.15) is 0 Å². The highest BCUT2D eigenvalue weighted by molar-refractivity contribution is 9.11. The molecule has 0 saturated heterocycles. The number of halogens is 4. The molecule has 0 aliphatic carbocycles. The number of rotatable bonds is 2. The van der Waals surface area contributed by atoms with E-state index in [1.54, 1.807) is 23.5 Å². The van der Waals surface area contributed by atoms with Gasteiger partial charge < -0.3 is 0 Å². The summed E-state index contributed by atoms with van der Waals surface area (Å²) in [6.07, 6.45) is 0. The first kappa shape index (κ1) is 13.3. The standard InChI is InChI=1S/C12H8BrCl2FS/c1-6-9(5-11(13)17-6)12(15)8-3-2-7(14)4-10(8)16/h2-5,12H,1H3. The van der Waals surface area contributed by atoms with Crippen LogP contribution in [0.4, 0.5) is 4.39 Å². The summed E-state index contributed by atoms with van der Waals surface area (Å²) in [7, 11) is 0. The minimum Gasteiger partial charge on any atom is -0.207 e. The molecule has 0 N–H and O–H groups in total. The SMILES string of the molecule is Cc1sc(Br)cc1C(Cl)c1ccc(Cl)cc1F. The van der Waals surface area contributed by atoms with Gasteiger partial charge in [-0.3, -0.25) is 0 Å². The summed E-state index contributed by atoms with van der Waals surface area (Å²) in [4.78, 5) is 1.08. The lowest BCUT2D eigenvalue weighted by Crippen LogP contribution is -1.97. The fourth-order valence-corrected chi connectivity index (χ4v) is 3.96. The molecule has 0 fully saturated rings. The molecular formula is C12H8BrCl2FS. The monoisotopic (exact) mass is 352 g/mol. The van der Waals surface area contributed by atoms with Crippen molar-refractivity contribution in [3.8, 4) is 0 Å². The van der Waals surface area contributed by atoms with Crippen molar-refractivity contribution < 1.29 is 4.39 Å².